The molecule has 1 aromatic carbocycles. The van der Waals surface area contributed by atoms with E-state index in [4.69, 9.17) is 0 Å². The number of nitrogens with zero attached hydrogens (tertiary/aromatic N) is 1. The molecule has 1 saturated heterocycles. The molecule has 0 amide bonds. The molecule has 2 rings (SSSR count). The maximum absolute atomic E-state index is 2.42. The Bertz CT molecular complexity index is 374. The van der Waals surface area contributed by atoms with E-state index in [9.17, 15) is 0 Å². The Balaban J connectivity index is 2.30. The normalized spacial score (nSPS) is 22.2. The van der Waals surface area contributed by atoms with Gasteiger partial charge >= 0.3 is 0 Å². The van der Waals surface area contributed by atoms with Crippen molar-refractivity contribution in [2.45, 2.75) is 26.2 Å². The average molecular weight is 215 g/mol. The average Bonchev–Trinajstić information content (AvgIpc) is 2.30. The lowest BCUT2D eigenvalue weighted by atomic mass is 9.83. The van der Waals surface area contributed by atoms with Crippen molar-refractivity contribution in [3.8, 4) is 0 Å². The molecule has 0 aliphatic carbocycles. The third-order valence-electron chi connectivity index (χ3n) is 3.50. The van der Waals surface area contributed by atoms with Crippen LogP contribution in [0.5, 0.6) is 0 Å². The Hall–Kier alpha value is -1.08. The number of piperidine rings is 1. The Morgan fingerprint density at radius 1 is 1.19 bits per heavy atom. The Labute approximate surface area is 98.8 Å². The lowest BCUT2D eigenvalue weighted by Crippen LogP contribution is -2.32. The van der Waals surface area contributed by atoms with Crippen molar-refractivity contribution in [3.05, 3.63) is 47.0 Å². The topological polar surface area (TPSA) is 3.24 Å². The fourth-order valence-electron chi connectivity index (χ4n) is 2.56. The second kappa shape index (κ2) is 4.84. The highest BCUT2D eigenvalue weighted by Crippen LogP contribution is 2.33. The van der Waals surface area contributed by atoms with Gasteiger partial charge in [0, 0.05) is 12.5 Å². The summed E-state index contributed by atoms with van der Waals surface area (Å²) in [5.74, 6) is 0.641. The first kappa shape index (κ1) is 11.4. The fraction of sp³-hybridized carbons (Fsp3) is 0.467. The van der Waals surface area contributed by atoms with E-state index in [0.717, 1.165) is 6.54 Å². The molecule has 1 aliphatic heterocycles. The molecule has 1 fully saturated rings. The van der Waals surface area contributed by atoms with Crippen LogP contribution in [-0.4, -0.2) is 25.0 Å². The zero-order valence-electron chi connectivity index (χ0n) is 10.5. The molecule has 0 spiro atoms. The summed E-state index contributed by atoms with van der Waals surface area (Å²) in [6.07, 6.45) is 1.25. The van der Waals surface area contributed by atoms with Crippen molar-refractivity contribution in [1.29, 1.82) is 0 Å². The molecule has 0 unspecified atom stereocenters. The van der Waals surface area contributed by atoms with Gasteiger partial charge in [-0.2, -0.15) is 0 Å². The van der Waals surface area contributed by atoms with E-state index in [2.05, 4.69) is 56.1 Å². The van der Waals surface area contributed by atoms with Crippen molar-refractivity contribution in [3.63, 3.8) is 0 Å². The van der Waals surface area contributed by atoms with Gasteiger partial charge in [-0.3, -0.25) is 0 Å². The van der Waals surface area contributed by atoms with Crippen LogP contribution in [0.4, 0.5) is 0 Å². The lowest BCUT2D eigenvalue weighted by molar-refractivity contribution is 0.304. The summed E-state index contributed by atoms with van der Waals surface area (Å²) < 4.78 is 0. The summed E-state index contributed by atoms with van der Waals surface area (Å²) in [6, 6.07) is 10.9. The highest BCUT2D eigenvalue weighted by atomic mass is 15.1. The fourth-order valence-corrected chi connectivity index (χ4v) is 2.56. The zero-order chi connectivity index (χ0) is 11.5. The minimum atomic E-state index is 0.641. The van der Waals surface area contributed by atoms with Crippen molar-refractivity contribution >= 4 is 0 Å². The first-order chi connectivity index (χ1) is 7.68. The summed E-state index contributed by atoms with van der Waals surface area (Å²) in [5.41, 5.74) is 4.58. The third-order valence-corrected chi connectivity index (χ3v) is 3.50. The van der Waals surface area contributed by atoms with Crippen molar-refractivity contribution in [1.82, 2.24) is 4.90 Å². The maximum Gasteiger partial charge on any atom is 0.0198 e. The van der Waals surface area contributed by atoms with E-state index in [1.54, 1.807) is 5.57 Å². The summed E-state index contributed by atoms with van der Waals surface area (Å²) in [5, 5.41) is 0. The molecule has 1 aliphatic rings. The second-order valence-electron chi connectivity index (χ2n) is 5.01. The van der Waals surface area contributed by atoms with Gasteiger partial charge in [0.05, 0.1) is 0 Å². The number of benzene rings is 1. The van der Waals surface area contributed by atoms with Gasteiger partial charge in [0.1, 0.15) is 0 Å². The molecule has 1 heterocycles. The second-order valence-corrected chi connectivity index (χ2v) is 5.01. The first-order valence-electron chi connectivity index (χ1n) is 6.08. The van der Waals surface area contributed by atoms with Gasteiger partial charge < -0.3 is 4.90 Å². The molecule has 1 nitrogen and oxygen atoms in total. The highest BCUT2D eigenvalue weighted by molar-refractivity contribution is 5.33. The summed E-state index contributed by atoms with van der Waals surface area (Å²) in [4.78, 5) is 2.42. The van der Waals surface area contributed by atoms with Crippen LogP contribution in [0.2, 0.25) is 0 Å². The van der Waals surface area contributed by atoms with Crippen LogP contribution in [-0.2, 0) is 0 Å². The molecular formula is C15H21N. The minimum absolute atomic E-state index is 0.641. The van der Waals surface area contributed by atoms with E-state index in [1.165, 1.54) is 24.1 Å². The van der Waals surface area contributed by atoms with E-state index in [-0.39, 0.29) is 0 Å². The quantitative estimate of drug-likeness (QED) is 0.649. The molecule has 1 atom stereocenters. The van der Waals surface area contributed by atoms with Crippen LogP contribution in [0.15, 0.2) is 41.5 Å². The molecule has 0 N–H and O–H groups in total. The Morgan fingerprint density at radius 3 is 2.50 bits per heavy atom. The number of rotatable bonds is 1. The number of hydrogen-bond acceptors (Lipinski definition) is 1. The van der Waals surface area contributed by atoms with Gasteiger partial charge in [0.15, 0.2) is 0 Å². The molecule has 1 aromatic rings. The van der Waals surface area contributed by atoms with Gasteiger partial charge in [-0.1, -0.05) is 41.5 Å². The molecule has 0 aromatic heterocycles. The van der Waals surface area contributed by atoms with Crippen molar-refractivity contribution < 1.29 is 0 Å². The SMILES string of the molecule is CC(C)=C1CN(C)CC[C@H]1c1ccccc1. The number of likely N-dealkylation sites (N-methyl/N-ethyl adjacent to an activating group) is 1. The number of hydrogen-bond donors (Lipinski definition) is 0. The van der Waals surface area contributed by atoms with Crippen LogP contribution in [0.3, 0.4) is 0 Å². The Morgan fingerprint density at radius 2 is 1.88 bits per heavy atom. The van der Waals surface area contributed by atoms with Gasteiger partial charge in [-0.05, 0) is 39.4 Å². The van der Waals surface area contributed by atoms with E-state index < -0.39 is 0 Å². The van der Waals surface area contributed by atoms with Crippen LogP contribution in [0.1, 0.15) is 31.7 Å². The van der Waals surface area contributed by atoms with Crippen molar-refractivity contribution in [2.24, 2.45) is 0 Å². The maximum atomic E-state index is 2.42. The van der Waals surface area contributed by atoms with Crippen LogP contribution < -0.4 is 0 Å². The Kier molecular flexibility index (Phi) is 3.45. The number of allylic oxidation sites excluding steroid dienone is 1. The van der Waals surface area contributed by atoms with Gasteiger partial charge in [-0.15, -0.1) is 0 Å². The lowest BCUT2D eigenvalue weighted by Gasteiger charge is -2.33. The standard InChI is InChI=1S/C15H21N/c1-12(2)15-11-16(3)10-9-14(15)13-7-5-4-6-8-13/h4-8,14H,9-11H2,1-3H3/t14-/m0/s1. The first-order valence-corrected chi connectivity index (χ1v) is 6.08. The predicted molar refractivity (Wildman–Crippen MR) is 69.7 cm³/mol. The highest BCUT2D eigenvalue weighted by Gasteiger charge is 2.23. The van der Waals surface area contributed by atoms with E-state index >= 15 is 0 Å². The largest absolute Gasteiger partial charge is 0.302 e. The molecule has 1 heteroatoms. The van der Waals surface area contributed by atoms with Crippen molar-refractivity contribution in [2.75, 3.05) is 20.1 Å². The van der Waals surface area contributed by atoms with E-state index in [0.29, 0.717) is 5.92 Å². The number of likely N-dealkylation sites (tertiary alicyclic amines) is 1. The molecule has 0 bridgehead atoms. The van der Waals surface area contributed by atoms with Gasteiger partial charge in [0.2, 0.25) is 0 Å². The van der Waals surface area contributed by atoms with Crippen LogP contribution >= 0.6 is 0 Å². The van der Waals surface area contributed by atoms with Crippen LogP contribution in [0.25, 0.3) is 0 Å². The van der Waals surface area contributed by atoms with Gasteiger partial charge in [0.25, 0.3) is 0 Å². The molecule has 86 valence electrons. The smallest absolute Gasteiger partial charge is 0.0198 e. The predicted octanol–water partition coefficient (Wildman–Crippen LogP) is 3.44. The molecular weight excluding hydrogens is 194 g/mol. The summed E-state index contributed by atoms with van der Waals surface area (Å²) in [6.45, 7) is 6.81. The van der Waals surface area contributed by atoms with Crippen LogP contribution in [0, 0.1) is 0 Å². The minimum Gasteiger partial charge on any atom is -0.302 e. The van der Waals surface area contributed by atoms with E-state index in [1.807, 2.05) is 0 Å². The summed E-state index contributed by atoms with van der Waals surface area (Å²) in [7, 11) is 2.21. The molecule has 0 saturated carbocycles. The zero-order valence-corrected chi connectivity index (χ0v) is 10.5. The summed E-state index contributed by atoms with van der Waals surface area (Å²) >= 11 is 0. The molecule has 16 heavy (non-hydrogen) atoms. The monoisotopic (exact) mass is 215 g/mol. The molecule has 0 radical (unpaired) electrons. The van der Waals surface area contributed by atoms with Gasteiger partial charge in [-0.25, -0.2) is 0 Å². The third kappa shape index (κ3) is 2.35.